The molecule has 2 N–H and O–H groups in total. The minimum absolute atomic E-state index is 0.183. The van der Waals surface area contributed by atoms with E-state index < -0.39 is 5.97 Å². The third-order valence-corrected chi connectivity index (χ3v) is 6.18. The number of carboxylic acid groups (broad SMARTS) is 1. The number of anilines is 1. The molecule has 0 atom stereocenters. The van der Waals surface area contributed by atoms with Crippen LogP contribution in [0.1, 0.15) is 40.5 Å². The van der Waals surface area contributed by atoms with Gasteiger partial charge < -0.3 is 19.7 Å². The van der Waals surface area contributed by atoms with Gasteiger partial charge in [-0.2, -0.15) is 0 Å². The van der Waals surface area contributed by atoms with Gasteiger partial charge in [0.2, 0.25) is 0 Å². The molecule has 0 unspecified atom stereocenters. The molecule has 0 aliphatic carbocycles. The average Bonchev–Trinajstić information content (AvgIpc) is 3.18. The van der Waals surface area contributed by atoms with Crippen molar-refractivity contribution in [1.29, 1.82) is 0 Å². The van der Waals surface area contributed by atoms with E-state index in [0.29, 0.717) is 47.9 Å². The molecule has 2 aromatic carbocycles. The molecule has 0 fully saturated rings. The van der Waals surface area contributed by atoms with E-state index >= 15 is 0 Å². The van der Waals surface area contributed by atoms with E-state index in [4.69, 9.17) is 4.74 Å². The van der Waals surface area contributed by atoms with Crippen LogP contribution in [0.3, 0.4) is 0 Å². The van der Waals surface area contributed by atoms with Crippen molar-refractivity contribution < 1.29 is 19.0 Å². The number of ether oxygens (including phenoxy) is 1. The van der Waals surface area contributed by atoms with E-state index in [1.54, 1.807) is 12.1 Å². The number of aromatic carboxylic acids is 1. The van der Waals surface area contributed by atoms with Crippen LogP contribution in [0.15, 0.2) is 42.7 Å². The van der Waals surface area contributed by atoms with Gasteiger partial charge in [-0.05, 0) is 55.7 Å². The Morgan fingerprint density at radius 2 is 1.97 bits per heavy atom. The molecular formula is C27H29FN4O3. The maximum Gasteiger partial charge on any atom is 0.339 e. The highest BCUT2D eigenvalue weighted by atomic mass is 19.1. The van der Waals surface area contributed by atoms with E-state index in [1.165, 1.54) is 19.5 Å². The molecule has 0 spiro atoms. The number of methoxy groups -OCH3 is 1. The summed E-state index contributed by atoms with van der Waals surface area (Å²) in [5.41, 5.74) is 4.94. The topological polar surface area (TPSA) is 89.3 Å². The second-order valence-electron chi connectivity index (χ2n) is 8.55. The zero-order valence-electron chi connectivity index (χ0n) is 20.4. The molecule has 4 aromatic rings. The monoisotopic (exact) mass is 476 g/mol. The van der Waals surface area contributed by atoms with Gasteiger partial charge >= 0.3 is 5.97 Å². The van der Waals surface area contributed by atoms with E-state index in [9.17, 15) is 14.3 Å². The van der Waals surface area contributed by atoms with Gasteiger partial charge in [-0.3, -0.25) is 0 Å². The standard InChI is InChI=1S/C27H29FN4O3/c1-5-6-18-12-19(13-23(35-4)25(18)27(33)34)22-14-24(31-15-30-22)29-9-10-32-17(3)11-20-16(2)7-8-21(28)26(20)32/h7-8,11-15H,5-6,9-10H2,1-4H3,(H,33,34)(H,29,30,31). The van der Waals surface area contributed by atoms with Crippen LogP contribution in [0.5, 0.6) is 5.75 Å². The number of nitrogens with one attached hydrogen (secondary N) is 1. The molecule has 0 saturated heterocycles. The van der Waals surface area contributed by atoms with Gasteiger partial charge in [-0.25, -0.2) is 19.2 Å². The Morgan fingerprint density at radius 1 is 1.17 bits per heavy atom. The number of hydrogen-bond acceptors (Lipinski definition) is 5. The number of aromatic nitrogens is 3. The maximum absolute atomic E-state index is 14.5. The first-order valence-electron chi connectivity index (χ1n) is 11.6. The molecule has 0 radical (unpaired) electrons. The lowest BCUT2D eigenvalue weighted by Crippen LogP contribution is -2.13. The Kier molecular flexibility index (Phi) is 7.00. The van der Waals surface area contributed by atoms with Crippen molar-refractivity contribution in [3.8, 4) is 17.0 Å². The highest BCUT2D eigenvalue weighted by molar-refractivity contribution is 5.94. The van der Waals surface area contributed by atoms with Crippen LogP contribution in [0.25, 0.3) is 22.2 Å². The van der Waals surface area contributed by atoms with E-state index in [1.807, 2.05) is 43.5 Å². The predicted octanol–water partition coefficient (Wildman–Crippen LogP) is 5.63. The summed E-state index contributed by atoms with van der Waals surface area (Å²) >= 11 is 0. The Labute approximate surface area is 203 Å². The lowest BCUT2D eigenvalue weighted by atomic mass is 9.97. The Balaban J connectivity index is 1.58. The number of hydrogen-bond donors (Lipinski definition) is 2. The van der Waals surface area contributed by atoms with Crippen molar-refractivity contribution in [2.45, 2.75) is 40.2 Å². The van der Waals surface area contributed by atoms with Gasteiger partial charge in [0.1, 0.15) is 29.3 Å². The highest BCUT2D eigenvalue weighted by Crippen LogP contribution is 2.31. The molecule has 0 saturated carbocycles. The maximum atomic E-state index is 14.5. The number of benzene rings is 2. The molecule has 2 heterocycles. The molecule has 4 rings (SSSR count). The second-order valence-corrected chi connectivity index (χ2v) is 8.55. The third kappa shape index (κ3) is 4.82. The summed E-state index contributed by atoms with van der Waals surface area (Å²) in [6.07, 6.45) is 2.88. The van der Waals surface area contributed by atoms with Gasteiger partial charge in [0.05, 0.1) is 18.3 Å². The van der Waals surface area contributed by atoms with Crippen LogP contribution in [0.4, 0.5) is 10.2 Å². The molecule has 8 heteroatoms. The van der Waals surface area contributed by atoms with Gasteiger partial charge in [-0.1, -0.05) is 19.4 Å². The summed E-state index contributed by atoms with van der Waals surface area (Å²) < 4.78 is 21.9. The quantitative estimate of drug-likeness (QED) is 0.326. The van der Waals surface area contributed by atoms with E-state index in [0.717, 1.165) is 28.6 Å². The first kappa shape index (κ1) is 24.2. The number of halogens is 1. The molecule has 0 bridgehead atoms. The van der Waals surface area contributed by atoms with Gasteiger partial charge in [0.25, 0.3) is 0 Å². The number of aryl methyl sites for hydroxylation is 3. The fourth-order valence-electron chi connectivity index (χ4n) is 4.49. The molecule has 0 amide bonds. The minimum atomic E-state index is -1.01. The normalized spacial score (nSPS) is 11.1. The zero-order chi connectivity index (χ0) is 25.1. The number of rotatable bonds is 9. The Hall–Kier alpha value is -3.94. The molecule has 0 aliphatic heterocycles. The fraction of sp³-hybridized carbons (Fsp3) is 0.296. The smallest absolute Gasteiger partial charge is 0.339 e. The lowest BCUT2D eigenvalue weighted by Gasteiger charge is -2.14. The largest absolute Gasteiger partial charge is 0.496 e. The fourth-order valence-corrected chi connectivity index (χ4v) is 4.49. The van der Waals surface area contributed by atoms with Crippen molar-refractivity contribution in [3.05, 3.63) is 70.9 Å². The highest BCUT2D eigenvalue weighted by Gasteiger charge is 2.19. The van der Waals surface area contributed by atoms with E-state index in [2.05, 4.69) is 15.3 Å². The SMILES string of the molecule is CCCc1cc(-c2cc(NCCn3c(C)cc4c(C)ccc(F)c43)ncn2)cc(OC)c1C(=O)O. The molecule has 0 aliphatic rings. The third-order valence-electron chi connectivity index (χ3n) is 6.18. The van der Waals surface area contributed by atoms with Crippen LogP contribution in [-0.4, -0.2) is 39.3 Å². The predicted molar refractivity (Wildman–Crippen MR) is 135 cm³/mol. The van der Waals surface area contributed by atoms with Crippen LogP contribution >= 0.6 is 0 Å². The number of fused-ring (bicyclic) bond motifs is 1. The first-order valence-corrected chi connectivity index (χ1v) is 11.6. The van der Waals surface area contributed by atoms with Crippen molar-refractivity contribution in [2.75, 3.05) is 19.0 Å². The van der Waals surface area contributed by atoms with Crippen molar-refractivity contribution in [3.63, 3.8) is 0 Å². The van der Waals surface area contributed by atoms with Crippen molar-refractivity contribution in [2.24, 2.45) is 0 Å². The van der Waals surface area contributed by atoms with Gasteiger partial charge in [0, 0.05) is 35.8 Å². The summed E-state index contributed by atoms with van der Waals surface area (Å²) in [4.78, 5) is 20.5. The minimum Gasteiger partial charge on any atom is -0.496 e. The number of nitrogens with zero attached hydrogens (tertiary/aromatic N) is 3. The number of carboxylic acids is 1. The summed E-state index contributed by atoms with van der Waals surface area (Å²) in [6.45, 7) is 7.06. The first-order chi connectivity index (χ1) is 16.8. The summed E-state index contributed by atoms with van der Waals surface area (Å²) in [5, 5.41) is 13.9. The van der Waals surface area contributed by atoms with Crippen LogP contribution in [-0.2, 0) is 13.0 Å². The van der Waals surface area contributed by atoms with Gasteiger partial charge in [0.15, 0.2) is 0 Å². The Bertz CT molecular complexity index is 1400. The summed E-state index contributed by atoms with van der Waals surface area (Å²) in [7, 11) is 1.46. The molecule has 7 nitrogen and oxygen atoms in total. The zero-order valence-corrected chi connectivity index (χ0v) is 20.4. The van der Waals surface area contributed by atoms with Gasteiger partial charge in [-0.15, -0.1) is 0 Å². The molecular weight excluding hydrogens is 447 g/mol. The van der Waals surface area contributed by atoms with E-state index in [-0.39, 0.29) is 11.4 Å². The van der Waals surface area contributed by atoms with Crippen molar-refractivity contribution in [1.82, 2.24) is 14.5 Å². The molecule has 2 aromatic heterocycles. The average molecular weight is 477 g/mol. The van der Waals surface area contributed by atoms with Crippen molar-refractivity contribution >= 4 is 22.7 Å². The summed E-state index contributed by atoms with van der Waals surface area (Å²) in [6, 6.07) is 10.7. The second kappa shape index (κ2) is 10.1. The summed E-state index contributed by atoms with van der Waals surface area (Å²) in [5.74, 6) is -0.316. The molecule has 182 valence electrons. The van der Waals surface area contributed by atoms with Crippen LogP contribution in [0.2, 0.25) is 0 Å². The number of carbonyl (C=O) groups is 1. The van der Waals surface area contributed by atoms with Crippen LogP contribution < -0.4 is 10.1 Å². The Morgan fingerprint density at radius 3 is 2.69 bits per heavy atom. The van der Waals surface area contributed by atoms with Crippen LogP contribution in [0, 0.1) is 19.7 Å². The molecule has 35 heavy (non-hydrogen) atoms. The lowest BCUT2D eigenvalue weighted by molar-refractivity contribution is 0.0692.